The van der Waals surface area contributed by atoms with E-state index < -0.39 is 0 Å². The van der Waals surface area contributed by atoms with Crippen LogP contribution >= 0.6 is 0 Å². The smallest absolute Gasteiger partial charge is 0.135 e. The van der Waals surface area contributed by atoms with E-state index in [2.05, 4.69) is 30.5 Å². The highest BCUT2D eigenvalue weighted by Crippen LogP contribution is 2.23. The zero-order chi connectivity index (χ0) is 13.4. The molecule has 18 heavy (non-hydrogen) atoms. The van der Waals surface area contributed by atoms with Gasteiger partial charge in [-0.05, 0) is 26.0 Å². The van der Waals surface area contributed by atoms with Crippen LogP contribution in [0.3, 0.4) is 0 Å². The zero-order valence-corrected chi connectivity index (χ0v) is 11.0. The molecule has 0 bridgehead atoms. The fourth-order valence-electron chi connectivity index (χ4n) is 1.62. The molecule has 0 amide bonds. The second kappa shape index (κ2) is 7.37. The average molecular weight is 248 g/mol. The Labute approximate surface area is 108 Å². The third-order valence-electron chi connectivity index (χ3n) is 2.60. The summed E-state index contributed by atoms with van der Waals surface area (Å²) in [5.74, 6) is 0.199. The molecule has 0 radical (unpaired) electrons. The van der Waals surface area contributed by atoms with Crippen molar-refractivity contribution in [3.63, 3.8) is 0 Å². The Morgan fingerprint density at radius 1 is 1.39 bits per heavy atom. The predicted octanol–water partition coefficient (Wildman–Crippen LogP) is 2.77. The molecule has 0 fully saturated rings. The number of phenols is 1. The summed E-state index contributed by atoms with van der Waals surface area (Å²) in [6.45, 7) is 9.86. The molecule has 0 saturated heterocycles. The maximum absolute atomic E-state index is 9.89. The molecule has 1 aromatic carbocycles. The first-order valence-electron chi connectivity index (χ1n) is 6.07. The molecule has 0 spiro atoms. The van der Waals surface area contributed by atoms with Crippen LogP contribution in [-0.4, -0.2) is 31.0 Å². The van der Waals surface area contributed by atoms with Crippen molar-refractivity contribution in [3.05, 3.63) is 36.4 Å². The first-order chi connectivity index (χ1) is 8.72. The number of anilines is 1. The Bertz CT molecular complexity index is 412. The van der Waals surface area contributed by atoms with Crippen molar-refractivity contribution in [1.29, 1.82) is 0 Å². The van der Waals surface area contributed by atoms with Gasteiger partial charge in [0.05, 0.1) is 6.21 Å². The average Bonchev–Trinajstić information content (AvgIpc) is 2.38. The molecular formula is C14H20N2O2. The molecule has 0 unspecified atom stereocenters. The minimum absolute atomic E-state index is 0.199. The molecule has 0 heterocycles. The first-order valence-corrected chi connectivity index (χ1v) is 6.07. The molecule has 4 nitrogen and oxygen atoms in total. The fourth-order valence-corrected chi connectivity index (χ4v) is 1.62. The summed E-state index contributed by atoms with van der Waals surface area (Å²) >= 11 is 0. The lowest BCUT2D eigenvalue weighted by molar-refractivity contribution is 0.176. The maximum Gasteiger partial charge on any atom is 0.135 e. The van der Waals surface area contributed by atoms with Crippen molar-refractivity contribution in [2.75, 3.05) is 24.6 Å². The Kier molecular flexibility index (Phi) is 5.77. The fraction of sp³-hybridized carbons (Fsp3) is 0.357. The van der Waals surface area contributed by atoms with Crippen LogP contribution in [0.2, 0.25) is 0 Å². The van der Waals surface area contributed by atoms with Crippen molar-refractivity contribution in [1.82, 2.24) is 0 Å². The lowest BCUT2D eigenvalue weighted by Crippen LogP contribution is -2.21. The third-order valence-corrected chi connectivity index (χ3v) is 2.60. The number of oxime groups is 1. The molecular weight excluding hydrogens is 228 g/mol. The van der Waals surface area contributed by atoms with Gasteiger partial charge in [0.15, 0.2) is 0 Å². The largest absolute Gasteiger partial charge is 0.507 e. The second-order valence-electron chi connectivity index (χ2n) is 3.73. The van der Waals surface area contributed by atoms with Gasteiger partial charge >= 0.3 is 0 Å². The van der Waals surface area contributed by atoms with Gasteiger partial charge in [0.2, 0.25) is 0 Å². The van der Waals surface area contributed by atoms with E-state index in [1.165, 1.54) is 6.21 Å². The number of aromatic hydroxyl groups is 1. The summed E-state index contributed by atoms with van der Waals surface area (Å²) in [7, 11) is 0. The van der Waals surface area contributed by atoms with E-state index in [1.807, 2.05) is 12.1 Å². The van der Waals surface area contributed by atoms with E-state index in [0.717, 1.165) is 18.8 Å². The van der Waals surface area contributed by atoms with Crippen LogP contribution in [0.5, 0.6) is 5.75 Å². The summed E-state index contributed by atoms with van der Waals surface area (Å²) in [4.78, 5) is 7.05. The Balaban J connectivity index is 2.79. The third kappa shape index (κ3) is 3.80. The van der Waals surface area contributed by atoms with Crippen LogP contribution in [0.25, 0.3) is 0 Å². The van der Waals surface area contributed by atoms with E-state index in [1.54, 1.807) is 12.1 Å². The summed E-state index contributed by atoms with van der Waals surface area (Å²) < 4.78 is 0. The van der Waals surface area contributed by atoms with Crippen molar-refractivity contribution < 1.29 is 9.94 Å². The standard InChI is InChI=1S/C14H20N2O2/c1-4-9-18-15-11-12-7-8-13(10-14(12)17)16(5-2)6-3/h4,7-8,10-11,17H,1,5-6,9H2,2-3H3/b15-11+. The van der Waals surface area contributed by atoms with Crippen molar-refractivity contribution in [2.24, 2.45) is 5.16 Å². The molecule has 1 rings (SSSR count). The normalized spacial score (nSPS) is 10.6. The molecule has 1 aromatic rings. The lowest BCUT2D eigenvalue weighted by Gasteiger charge is -2.21. The maximum atomic E-state index is 9.89. The SMILES string of the molecule is C=CCO/N=C/c1ccc(N(CC)CC)cc1O. The Morgan fingerprint density at radius 3 is 2.67 bits per heavy atom. The molecule has 0 atom stereocenters. The molecule has 4 heteroatoms. The van der Waals surface area contributed by atoms with E-state index in [4.69, 9.17) is 4.84 Å². The van der Waals surface area contributed by atoms with Crippen LogP contribution in [-0.2, 0) is 4.84 Å². The second-order valence-corrected chi connectivity index (χ2v) is 3.73. The lowest BCUT2D eigenvalue weighted by atomic mass is 10.2. The van der Waals surface area contributed by atoms with Gasteiger partial charge in [0, 0.05) is 30.4 Å². The molecule has 0 aromatic heterocycles. The Morgan fingerprint density at radius 2 is 2.11 bits per heavy atom. The van der Waals surface area contributed by atoms with E-state index in [0.29, 0.717) is 12.2 Å². The van der Waals surface area contributed by atoms with Crippen molar-refractivity contribution in [3.8, 4) is 5.75 Å². The molecule has 98 valence electrons. The monoisotopic (exact) mass is 248 g/mol. The minimum atomic E-state index is 0.199. The van der Waals surface area contributed by atoms with Crippen LogP contribution in [0, 0.1) is 0 Å². The molecule has 0 aliphatic rings. The number of hydrogen-bond acceptors (Lipinski definition) is 4. The molecule has 1 N–H and O–H groups in total. The topological polar surface area (TPSA) is 45.1 Å². The Hall–Kier alpha value is -1.97. The number of rotatable bonds is 7. The quantitative estimate of drug-likeness (QED) is 0.349. The van der Waals surface area contributed by atoms with Crippen LogP contribution in [0.1, 0.15) is 19.4 Å². The highest BCUT2D eigenvalue weighted by molar-refractivity contribution is 5.84. The highest BCUT2D eigenvalue weighted by atomic mass is 16.6. The molecule has 0 aliphatic heterocycles. The number of hydrogen-bond donors (Lipinski definition) is 1. The first kappa shape index (κ1) is 14.1. The van der Waals surface area contributed by atoms with Gasteiger partial charge in [0.1, 0.15) is 12.4 Å². The summed E-state index contributed by atoms with van der Waals surface area (Å²) in [5.41, 5.74) is 1.64. The summed E-state index contributed by atoms with van der Waals surface area (Å²) in [6.07, 6.45) is 3.10. The van der Waals surface area contributed by atoms with Gasteiger partial charge in [-0.2, -0.15) is 0 Å². The van der Waals surface area contributed by atoms with Gasteiger partial charge in [0.25, 0.3) is 0 Å². The van der Waals surface area contributed by atoms with E-state index in [9.17, 15) is 5.11 Å². The van der Waals surface area contributed by atoms with Crippen LogP contribution in [0.4, 0.5) is 5.69 Å². The van der Waals surface area contributed by atoms with Gasteiger partial charge in [-0.25, -0.2) is 0 Å². The number of phenolic OH excluding ortho intramolecular Hbond substituents is 1. The van der Waals surface area contributed by atoms with Crippen LogP contribution < -0.4 is 4.90 Å². The van der Waals surface area contributed by atoms with Crippen molar-refractivity contribution in [2.45, 2.75) is 13.8 Å². The van der Waals surface area contributed by atoms with Gasteiger partial charge < -0.3 is 14.8 Å². The number of benzene rings is 1. The highest BCUT2D eigenvalue weighted by Gasteiger charge is 2.05. The summed E-state index contributed by atoms with van der Waals surface area (Å²) in [6, 6.07) is 5.52. The van der Waals surface area contributed by atoms with E-state index in [-0.39, 0.29) is 5.75 Å². The van der Waals surface area contributed by atoms with E-state index >= 15 is 0 Å². The van der Waals surface area contributed by atoms with Crippen LogP contribution in [0.15, 0.2) is 36.0 Å². The number of nitrogens with zero attached hydrogens (tertiary/aromatic N) is 2. The van der Waals surface area contributed by atoms with Gasteiger partial charge in [-0.15, -0.1) is 0 Å². The van der Waals surface area contributed by atoms with Gasteiger partial charge in [-0.1, -0.05) is 17.8 Å². The zero-order valence-electron chi connectivity index (χ0n) is 11.0. The minimum Gasteiger partial charge on any atom is -0.507 e. The predicted molar refractivity (Wildman–Crippen MR) is 75.4 cm³/mol. The summed E-state index contributed by atoms with van der Waals surface area (Å²) in [5, 5.41) is 13.6. The van der Waals surface area contributed by atoms with Crippen molar-refractivity contribution >= 4 is 11.9 Å². The molecule has 0 aliphatic carbocycles. The molecule has 0 saturated carbocycles. The van der Waals surface area contributed by atoms with Gasteiger partial charge in [-0.3, -0.25) is 0 Å².